The molecule has 1 amide bonds. The molecule has 0 atom stereocenters. The molecular weight excluding hydrogens is 232 g/mol. The van der Waals surface area contributed by atoms with Gasteiger partial charge in [0.2, 0.25) is 5.91 Å². The standard InChI is InChI=1S/C13H24N2OS/c1-17-13(5-3-2-4-6-13)10-15-11(16)12(9-14)7-8-12/h2-10,14H2,1H3,(H,15,16). The van der Waals surface area contributed by atoms with E-state index in [9.17, 15) is 4.79 Å². The van der Waals surface area contributed by atoms with Crippen LogP contribution in [0.3, 0.4) is 0 Å². The van der Waals surface area contributed by atoms with Crippen molar-refractivity contribution < 1.29 is 4.79 Å². The quantitative estimate of drug-likeness (QED) is 0.790. The molecule has 0 unspecified atom stereocenters. The SMILES string of the molecule is CSC1(CNC(=O)C2(CN)CC2)CCCCC1. The molecule has 2 rings (SSSR count). The molecule has 0 aromatic carbocycles. The van der Waals surface area contributed by atoms with E-state index >= 15 is 0 Å². The summed E-state index contributed by atoms with van der Waals surface area (Å²) in [5.74, 6) is 0.194. The van der Waals surface area contributed by atoms with E-state index in [0.717, 1.165) is 19.4 Å². The molecule has 2 saturated carbocycles. The van der Waals surface area contributed by atoms with Crippen molar-refractivity contribution in [2.45, 2.75) is 49.7 Å². The van der Waals surface area contributed by atoms with E-state index in [1.165, 1.54) is 32.1 Å². The molecule has 17 heavy (non-hydrogen) atoms. The molecule has 98 valence electrons. The third kappa shape index (κ3) is 2.79. The lowest BCUT2D eigenvalue weighted by molar-refractivity contribution is -0.126. The maximum atomic E-state index is 12.1. The van der Waals surface area contributed by atoms with Crippen LogP contribution in [0.1, 0.15) is 44.9 Å². The Balaban J connectivity index is 1.85. The third-order valence-electron chi connectivity index (χ3n) is 4.49. The Morgan fingerprint density at radius 3 is 2.35 bits per heavy atom. The lowest BCUT2D eigenvalue weighted by Crippen LogP contribution is -2.45. The van der Waals surface area contributed by atoms with E-state index in [1.54, 1.807) is 0 Å². The average molecular weight is 256 g/mol. The Hall–Kier alpha value is -0.220. The minimum atomic E-state index is -0.200. The fourth-order valence-corrected chi connectivity index (χ4v) is 3.67. The zero-order valence-corrected chi connectivity index (χ0v) is 11.6. The lowest BCUT2D eigenvalue weighted by Gasteiger charge is -2.36. The Bertz CT molecular complexity index is 283. The van der Waals surface area contributed by atoms with Gasteiger partial charge in [0, 0.05) is 17.8 Å². The maximum absolute atomic E-state index is 12.1. The first-order valence-corrected chi connectivity index (χ1v) is 7.92. The van der Waals surface area contributed by atoms with E-state index in [4.69, 9.17) is 5.73 Å². The number of hydrogen-bond donors (Lipinski definition) is 2. The van der Waals surface area contributed by atoms with Gasteiger partial charge in [-0.2, -0.15) is 11.8 Å². The van der Waals surface area contributed by atoms with Crippen molar-refractivity contribution >= 4 is 17.7 Å². The van der Waals surface area contributed by atoms with Crippen molar-refractivity contribution in [2.75, 3.05) is 19.3 Å². The van der Waals surface area contributed by atoms with Gasteiger partial charge in [0.1, 0.15) is 0 Å². The van der Waals surface area contributed by atoms with Crippen LogP contribution in [0.2, 0.25) is 0 Å². The van der Waals surface area contributed by atoms with Gasteiger partial charge in [-0.25, -0.2) is 0 Å². The van der Waals surface area contributed by atoms with E-state index in [0.29, 0.717) is 11.3 Å². The second-order valence-corrected chi connectivity index (χ2v) is 6.89. The van der Waals surface area contributed by atoms with Gasteiger partial charge in [-0.3, -0.25) is 4.79 Å². The molecule has 0 spiro atoms. The summed E-state index contributed by atoms with van der Waals surface area (Å²) in [5.41, 5.74) is 5.48. The lowest BCUT2D eigenvalue weighted by atomic mass is 9.88. The second-order valence-electron chi connectivity index (χ2n) is 5.61. The van der Waals surface area contributed by atoms with Crippen LogP contribution in [0, 0.1) is 5.41 Å². The fourth-order valence-electron chi connectivity index (χ4n) is 2.75. The predicted molar refractivity (Wildman–Crippen MR) is 73.1 cm³/mol. The van der Waals surface area contributed by atoms with Crippen LogP contribution in [0.25, 0.3) is 0 Å². The normalized spacial score (nSPS) is 25.3. The number of rotatable bonds is 5. The first kappa shape index (κ1) is 13.2. The molecule has 0 heterocycles. The van der Waals surface area contributed by atoms with Crippen LogP contribution in [-0.4, -0.2) is 30.0 Å². The van der Waals surface area contributed by atoms with Crippen LogP contribution in [-0.2, 0) is 4.79 Å². The topological polar surface area (TPSA) is 55.1 Å². The zero-order valence-electron chi connectivity index (χ0n) is 10.8. The number of nitrogens with one attached hydrogen (secondary N) is 1. The van der Waals surface area contributed by atoms with Crippen molar-refractivity contribution in [3.63, 3.8) is 0 Å². The first-order valence-electron chi connectivity index (χ1n) is 6.70. The van der Waals surface area contributed by atoms with Gasteiger partial charge in [0.05, 0.1) is 5.41 Å². The van der Waals surface area contributed by atoms with Crippen molar-refractivity contribution in [1.82, 2.24) is 5.32 Å². The molecule has 2 aliphatic carbocycles. The summed E-state index contributed by atoms with van der Waals surface area (Å²) in [6.07, 6.45) is 10.6. The summed E-state index contributed by atoms with van der Waals surface area (Å²) < 4.78 is 0.290. The largest absolute Gasteiger partial charge is 0.354 e. The summed E-state index contributed by atoms with van der Waals surface area (Å²) >= 11 is 1.93. The first-order chi connectivity index (χ1) is 8.16. The van der Waals surface area contributed by atoms with Gasteiger partial charge >= 0.3 is 0 Å². The number of nitrogens with two attached hydrogens (primary N) is 1. The minimum Gasteiger partial charge on any atom is -0.354 e. The van der Waals surface area contributed by atoms with E-state index in [1.807, 2.05) is 11.8 Å². The second kappa shape index (κ2) is 5.19. The van der Waals surface area contributed by atoms with Crippen molar-refractivity contribution in [3.05, 3.63) is 0 Å². The Morgan fingerprint density at radius 2 is 1.88 bits per heavy atom. The maximum Gasteiger partial charge on any atom is 0.227 e. The van der Waals surface area contributed by atoms with Gasteiger partial charge < -0.3 is 11.1 Å². The van der Waals surface area contributed by atoms with Gasteiger partial charge in [-0.15, -0.1) is 0 Å². The van der Waals surface area contributed by atoms with Gasteiger partial charge in [-0.05, 0) is 31.9 Å². The van der Waals surface area contributed by atoms with Crippen molar-refractivity contribution in [3.8, 4) is 0 Å². The molecule has 0 bridgehead atoms. The fraction of sp³-hybridized carbons (Fsp3) is 0.923. The van der Waals surface area contributed by atoms with Crippen LogP contribution in [0.5, 0.6) is 0 Å². The molecule has 3 N–H and O–H groups in total. The Kier molecular flexibility index (Phi) is 4.03. The molecule has 0 aromatic heterocycles. The van der Waals surface area contributed by atoms with Gasteiger partial charge in [-0.1, -0.05) is 19.3 Å². The van der Waals surface area contributed by atoms with E-state index in [-0.39, 0.29) is 11.3 Å². The predicted octanol–water partition coefficient (Wildman–Crippen LogP) is 1.91. The van der Waals surface area contributed by atoms with Crippen LogP contribution in [0.15, 0.2) is 0 Å². The zero-order chi connectivity index (χ0) is 12.4. The summed E-state index contributed by atoms with van der Waals surface area (Å²) in [4.78, 5) is 12.1. The van der Waals surface area contributed by atoms with Crippen LogP contribution in [0.4, 0.5) is 0 Å². The van der Waals surface area contributed by atoms with Gasteiger partial charge in [0.25, 0.3) is 0 Å². The molecule has 0 radical (unpaired) electrons. The average Bonchev–Trinajstić information content (AvgIpc) is 3.18. The number of hydrogen-bond acceptors (Lipinski definition) is 3. The third-order valence-corrected chi connectivity index (χ3v) is 5.91. The molecule has 0 aliphatic heterocycles. The summed E-state index contributed by atoms with van der Waals surface area (Å²) in [6, 6.07) is 0. The Morgan fingerprint density at radius 1 is 1.24 bits per heavy atom. The number of thioether (sulfide) groups is 1. The van der Waals surface area contributed by atoms with E-state index < -0.39 is 0 Å². The summed E-state index contributed by atoms with van der Waals surface area (Å²) in [5, 5.41) is 3.16. The molecule has 3 nitrogen and oxygen atoms in total. The molecule has 2 fully saturated rings. The van der Waals surface area contributed by atoms with Crippen LogP contribution < -0.4 is 11.1 Å². The van der Waals surface area contributed by atoms with Crippen LogP contribution >= 0.6 is 11.8 Å². The highest BCUT2D eigenvalue weighted by molar-refractivity contribution is 8.00. The highest BCUT2D eigenvalue weighted by atomic mass is 32.2. The number of amides is 1. The molecule has 2 aliphatic rings. The highest BCUT2D eigenvalue weighted by Gasteiger charge is 2.48. The summed E-state index contributed by atoms with van der Waals surface area (Å²) in [7, 11) is 0. The number of carbonyl (C=O) groups excluding carboxylic acids is 1. The number of carbonyl (C=O) groups is 1. The van der Waals surface area contributed by atoms with Crippen molar-refractivity contribution in [2.24, 2.45) is 11.1 Å². The molecule has 4 heteroatoms. The molecular formula is C13H24N2OS. The highest BCUT2D eigenvalue weighted by Crippen LogP contribution is 2.45. The van der Waals surface area contributed by atoms with Gasteiger partial charge in [0.15, 0.2) is 0 Å². The smallest absolute Gasteiger partial charge is 0.227 e. The minimum absolute atomic E-state index is 0.194. The van der Waals surface area contributed by atoms with Crippen molar-refractivity contribution in [1.29, 1.82) is 0 Å². The molecule has 0 saturated heterocycles. The summed E-state index contributed by atoms with van der Waals surface area (Å²) in [6.45, 7) is 1.33. The Labute approximate surface area is 108 Å². The molecule has 0 aromatic rings. The monoisotopic (exact) mass is 256 g/mol. The van der Waals surface area contributed by atoms with E-state index in [2.05, 4.69) is 11.6 Å².